The van der Waals surface area contributed by atoms with Gasteiger partial charge >= 0.3 is 0 Å². The summed E-state index contributed by atoms with van der Waals surface area (Å²) in [6.45, 7) is 2.82. The molecule has 2 N–H and O–H groups in total. The lowest BCUT2D eigenvalue weighted by atomic mass is 10.3. The lowest BCUT2D eigenvalue weighted by Gasteiger charge is -2.08. The number of hydrogen-bond donors (Lipinski definition) is 1. The van der Waals surface area contributed by atoms with Crippen molar-refractivity contribution in [3.05, 3.63) is 57.1 Å². The van der Waals surface area contributed by atoms with Crippen LogP contribution in [0.15, 0.2) is 40.3 Å². The van der Waals surface area contributed by atoms with E-state index in [9.17, 15) is 9.59 Å². The maximum atomic E-state index is 11.6. The molecule has 19 heavy (non-hydrogen) atoms. The Balaban J connectivity index is 2.02. The van der Waals surface area contributed by atoms with Gasteiger partial charge in [0.1, 0.15) is 0 Å². The van der Waals surface area contributed by atoms with Gasteiger partial charge in [0.25, 0.3) is 11.1 Å². The SMILES string of the molecule is Cc1cc(=O)n(CCCn2cc(N)ccc2=O)cn1. The molecular weight excluding hydrogens is 244 g/mol. The predicted molar refractivity (Wildman–Crippen MR) is 73.0 cm³/mol. The lowest BCUT2D eigenvalue weighted by Crippen LogP contribution is -2.23. The van der Waals surface area contributed by atoms with Gasteiger partial charge in [0.05, 0.1) is 6.33 Å². The summed E-state index contributed by atoms with van der Waals surface area (Å²) >= 11 is 0. The second-order valence-corrected chi connectivity index (χ2v) is 4.41. The van der Waals surface area contributed by atoms with Crippen LogP contribution in [0.2, 0.25) is 0 Å². The van der Waals surface area contributed by atoms with Crippen LogP contribution in [-0.4, -0.2) is 14.1 Å². The van der Waals surface area contributed by atoms with E-state index in [-0.39, 0.29) is 11.1 Å². The minimum atomic E-state index is -0.0939. The van der Waals surface area contributed by atoms with Crippen LogP contribution < -0.4 is 16.9 Å². The highest BCUT2D eigenvalue weighted by molar-refractivity contribution is 5.33. The van der Waals surface area contributed by atoms with Gasteiger partial charge in [-0.15, -0.1) is 0 Å². The third-order valence-electron chi connectivity index (χ3n) is 2.82. The van der Waals surface area contributed by atoms with E-state index in [4.69, 9.17) is 5.73 Å². The minimum absolute atomic E-state index is 0.0765. The molecule has 0 spiro atoms. The van der Waals surface area contributed by atoms with Crippen LogP contribution in [0.3, 0.4) is 0 Å². The molecule has 2 rings (SSSR count). The number of pyridine rings is 1. The van der Waals surface area contributed by atoms with Gasteiger partial charge in [-0.3, -0.25) is 14.2 Å². The molecule has 6 heteroatoms. The molecule has 6 nitrogen and oxygen atoms in total. The van der Waals surface area contributed by atoms with Crippen molar-refractivity contribution >= 4 is 5.69 Å². The van der Waals surface area contributed by atoms with Crippen molar-refractivity contribution in [2.45, 2.75) is 26.4 Å². The van der Waals surface area contributed by atoms with Crippen molar-refractivity contribution in [2.75, 3.05) is 5.73 Å². The van der Waals surface area contributed by atoms with Gasteiger partial charge < -0.3 is 10.3 Å². The summed E-state index contributed by atoms with van der Waals surface area (Å²) in [5.41, 5.74) is 6.71. The Morgan fingerprint density at radius 3 is 2.63 bits per heavy atom. The third-order valence-corrected chi connectivity index (χ3v) is 2.82. The summed E-state index contributed by atoms with van der Waals surface area (Å²) in [6.07, 6.45) is 3.80. The van der Waals surface area contributed by atoms with E-state index < -0.39 is 0 Å². The first-order valence-corrected chi connectivity index (χ1v) is 6.05. The minimum Gasteiger partial charge on any atom is -0.398 e. The average molecular weight is 260 g/mol. The van der Waals surface area contributed by atoms with E-state index in [1.54, 1.807) is 23.8 Å². The summed E-state index contributed by atoms with van der Waals surface area (Å²) in [5, 5.41) is 0. The second-order valence-electron chi connectivity index (χ2n) is 4.41. The Labute approximate surface area is 110 Å². The second kappa shape index (κ2) is 5.51. The molecule has 2 aromatic rings. The molecule has 2 heterocycles. The number of aromatic nitrogens is 3. The zero-order valence-corrected chi connectivity index (χ0v) is 10.7. The molecule has 0 atom stereocenters. The number of nitrogen functional groups attached to an aromatic ring is 1. The molecule has 0 aliphatic heterocycles. The number of anilines is 1. The van der Waals surface area contributed by atoms with Crippen molar-refractivity contribution in [1.29, 1.82) is 0 Å². The zero-order chi connectivity index (χ0) is 13.8. The Kier molecular flexibility index (Phi) is 3.79. The zero-order valence-electron chi connectivity index (χ0n) is 10.7. The number of nitrogens with zero attached hydrogens (tertiary/aromatic N) is 3. The van der Waals surface area contributed by atoms with E-state index in [2.05, 4.69) is 4.98 Å². The maximum Gasteiger partial charge on any atom is 0.253 e. The fraction of sp³-hybridized carbons (Fsp3) is 0.308. The fourth-order valence-electron chi connectivity index (χ4n) is 1.82. The van der Waals surface area contributed by atoms with Crippen molar-refractivity contribution in [1.82, 2.24) is 14.1 Å². The van der Waals surface area contributed by atoms with Gasteiger partial charge in [-0.1, -0.05) is 0 Å². The van der Waals surface area contributed by atoms with Crippen LogP contribution in [0.25, 0.3) is 0 Å². The van der Waals surface area contributed by atoms with Crippen molar-refractivity contribution in [2.24, 2.45) is 0 Å². The van der Waals surface area contributed by atoms with Crippen LogP contribution >= 0.6 is 0 Å². The molecule has 0 unspecified atom stereocenters. The van der Waals surface area contributed by atoms with Crippen LogP contribution in [0.5, 0.6) is 0 Å². The topological polar surface area (TPSA) is 82.9 Å². The Bertz CT molecular complexity index is 688. The molecule has 0 radical (unpaired) electrons. The van der Waals surface area contributed by atoms with E-state index in [0.717, 1.165) is 0 Å². The normalized spacial score (nSPS) is 10.6. The van der Waals surface area contributed by atoms with E-state index in [1.165, 1.54) is 23.0 Å². The molecule has 0 fully saturated rings. The number of hydrogen-bond acceptors (Lipinski definition) is 4. The van der Waals surface area contributed by atoms with Gasteiger partial charge in [-0.05, 0) is 19.4 Å². The van der Waals surface area contributed by atoms with Crippen LogP contribution in [-0.2, 0) is 13.1 Å². The van der Waals surface area contributed by atoms with Gasteiger partial charge in [0, 0.05) is 42.8 Å². The summed E-state index contributed by atoms with van der Waals surface area (Å²) in [6, 6.07) is 4.51. The van der Waals surface area contributed by atoms with Crippen molar-refractivity contribution < 1.29 is 0 Å². The summed E-state index contributed by atoms with van der Waals surface area (Å²) < 4.78 is 3.08. The highest BCUT2D eigenvalue weighted by atomic mass is 16.1. The average Bonchev–Trinajstić information content (AvgIpc) is 2.36. The molecule has 100 valence electrons. The molecular formula is C13H16N4O2. The summed E-state index contributed by atoms with van der Waals surface area (Å²) in [5.74, 6) is 0. The maximum absolute atomic E-state index is 11.6. The molecule has 0 aliphatic carbocycles. The summed E-state index contributed by atoms with van der Waals surface area (Å²) in [4.78, 5) is 27.3. The molecule has 0 saturated carbocycles. The van der Waals surface area contributed by atoms with Gasteiger partial charge in [0.2, 0.25) is 0 Å². The number of aryl methyl sites for hydroxylation is 3. The van der Waals surface area contributed by atoms with Crippen LogP contribution in [0.4, 0.5) is 5.69 Å². The Morgan fingerprint density at radius 2 is 1.89 bits per heavy atom. The van der Waals surface area contributed by atoms with Crippen LogP contribution in [0, 0.1) is 6.92 Å². The van der Waals surface area contributed by atoms with E-state index in [0.29, 0.717) is 30.9 Å². The fourth-order valence-corrected chi connectivity index (χ4v) is 1.82. The van der Waals surface area contributed by atoms with Crippen molar-refractivity contribution in [3.63, 3.8) is 0 Å². The summed E-state index contributed by atoms with van der Waals surface area (Å²) in [7, 11) is 0. The van der Waals surface area contributed by atoms with Gasteiger partial charge in [-0.25, -0.2) is 4.98 Å². The first-order valence-electron chi connectivity index (χ1n) is 6.05. The quantitative estimate of drug-likeness (QED) is 0.861. The largest absolute Gasteiger partial charge is 0.398 e. The molecule has 0 aromatic carbocycles. The standard InChI is InChI=1S/C13H16N4O2/c1-10-7-13(19)17(9-15-10)6-2-5-16-8-11(14)3-4-12(16)18/h3-4,7-9H,2,5-6,14H2,1H3. The molecule has 0 saturated heterocycles. The Morgan fingerprint density at radius 1 is 1.16 bits per heavy atom. The first kappa shape index (κ1) is 13.1. The highest BCUT2D eigenvalue weighted by Gasteiger charge is 1.99. The lowest BCUT2D eigenvalue weighted by molar-refractivity contribution is 0.538. The first-order chi connectivity index (χ1) is 9.06. The number of rotatable bonds is 4. The number of nitrogens with two attached hydrogens (primary N) is 1. The molecule has 2 aromatic heterocycles. The monoisotopic (exact) mass is 260 g/mol. The molecule has 0 aliphatic rings. The highest BCUT2D eigenvalue weighted by Crippen LogP contribution is 1.98. The smallest absolute Gasteiger partial charge is 0.253 e. The molecule has 0 bridgehead atoms. The third kappa shape index (κ3) is 3.31. The van der Waals surface area contributed by atoms with Gasteiger partial charge in [0.15, 0.2) is 0 Å². The predicted octanol–water partition coefficient (Wildman–Crippen LogP) is 0.386. The van der Waals surface area contributed by atoms with Crippen LogP contribution in [0.1, 0.15) is 12.1 Å². The van der Waals surface area contributed by atoms with E-state index >= 15 is 0 Å². The molecule has 0 amide bonds. The van der Waals surface area contributed by atoms with E-state index in [1.807, 2.05) is 0 Å². The van der Waals surface area contributed by atoms with Gasteiger partial charge in [-0.2, -0.15) is 0 Å². The van der Waals surface area contributed by atoms with Crippen molar-refractivity contribution in [3.8, 4) is 0 Å². The Hall–Kier alpha value is -2.37.